The Morgan fingerprint density at radius 2 is 1.50 bits per heavy atom. The van der Waals surface area contributed by atoms with Crippen molar-refractivity contribution < 1.29 is 17.9 Å². The highest BCUT2D eigenvalue weighted by molar-refractivity contribution is 7.69. The summed E-state index contributed by atoms with van der Waals surface area (Å²) in [6.07, 6.45) is 0. The Morgan fingerprint density at radius 3 is 1.75 bits per heavy atom. The summed E-state index contributed by atoms with van der Waals surface area (Å²) in [6.45, 7) is 1.59. The second-order valence-electron chi connectivity index (χ2n) is 2.18. The molecule has 0 unspecified atom stereocenters. The van der Waals surface area contributed by atoms with Gasteiger partial charge in [-0.2, -0.15) is 4.31 Å². The molecule has 0 aliphatic carbocycles. The molecule has 0 aliphatic rings. The van der Waals surface area contributed by atoms with Crippen molar-refractivity contribution in [2.75, 3.05) is 40.5 Å². The van der Waals surface area contributed by atoms with Crippen LogP contribution in [0.15, 0.2) is 0 Å². The highest BCUT2D eigenvalue weighted by Crippen LogP contribution is 1.87. The van der Waals surface area contributed by atoms with E-state index in [2.05, 4.69) is 0 Å². The second kappa shape index (κ2) is 7.48. The van der Waals surface area contributed by atoms with Crippen LogP contribution in [0.5, 0.6) is 0 Å². The highest BCUT2D eigenvalue weighted by Gasteiger charge is 2.04. The highest BCUT2D eigenvalue weighted by atomic mass is 32.2. The fourth-order valence-corrected chi connectivity index (χ4v) is 1.16. The molecule has 0 saturated heterocycles. The van der Waals surface area contributed by atoms with Gasteiger partial charge in [0.1, 0.15) is 0 Å². The van der Waals surface area contributed by atoms with E-state index in [4.69, 9.17) is 9.47 Å². The number of hydrogen-bond donors (Lipinski definition) is 1. The molecule has 0 bridgehead atoms. The van der Waals surface area contributed by atoms with Crippen molar-refractivity contribution in [3.63, 3.8) is 0 Å². The van der Waals surface area contributed by atoms with Gasteiger partial charge in [0.15, 0.2) is 0 Å². The standard InChI is InChI=1S/C6H15NO4S/c1-10-5-3-7(12(8)9)4-6-11-2/h12H,3-6H2,1-2H3. The lowest BCUT2D eigenvalue weighted by atomic mass is 10.6. The van der Waals surface area contributed by atoms with Crippen LogP contribution < -0.4 is 0 Å². The van der Waals surface area contributed by atoms with Gasteiger partial charge in [-0.25, -0.2) is 8.42 Å². The molecule has 0 aromatic heterocycles. The maximum atomic E-state index is 10.6. The summed E-state index contributed by atoms with van der Waals surface area (Å²) in [5, 5.41) is 0. The maximum absolute atomic E-state index is 10.6. The molecular weight excluding hydrogens is 182 g/mol. The smallest absolute Gasteiger partial charge is 0.204 e. The van der Waals surface area contributed by atoms with Gasteiger partial charge < -0.3 is 9.47 Å². The summed E-state index contributed by atoms with van der Waals surface area (Å²) in [4.78, 5) is 0. The minimum Gasteiger partial charge on any atom is -0.383 e. The lowest BCUT2D eigenvalue weighted by molar-refractivity contribution is 0.152. The fourth-order valence-electron chi connectivity index (χ4n) is 0.668. The molecule has 0 spiro atoms. The summed E-state index contributed by atoms with van der Waals surface area (Å²) in [7, 11) is 0.554. The van der Waals surface area contributed by atoms with E-state index in [1.54, 1.807) is 0 Å². The predicted molar refractivity (Wildman–Crippen MR) is 45.6 cm³/mol. The zero-order valence-corrected chi connectivity index (χ0v) is 8.25. The second-order valence-corrected chi connectivity index (χ2v) is 3.22. The minimum absolute atomic E-state index is 0.387. The molecule has 0 N–H and O–H groups in total. The first-order valence-corrected chi connectivity index (χ1v) is 4.72. The topological polar surface area (TPSA) is 55.8 Å². The Bertz CT molecular complexity index is 155. The van der Waals surface area contributed by atoms with Gasteiger partial charge in [0.2, 0.25) is 10.9 Å². The normalized spacial score (nSPS) is 11.3. The number of ether oxygens (including phenoxy) is 2. The number of hydrogen-bond acceptors (Lipinski definition) is 4. The van der Waals surface area contributed by atoms with Crippen LogP contribution in [0.25, 0.3) is 0 Å². The summed E-state index contributed by atoms with van der Waals surface area (Å²) in [6, 6.07) is 0. The zero-order chi connectivity index (χ0) is 9.40. The zero-order valence-electron chi connectivity index (χ0n) is 7.36. The van der Waals surface area contributed by atoms with Crippen LogP contribution in [-0.4, -0.2) is 53.2 Å². The van der Waals surface area contributed by atoms with Crippen molar-refractivity contribution >= 4 is 10.9 Å². The van der Waals surface area contributed by atoms with E-state index >= 15 is 0 Å². The lowest BCUT2D eigenvalue weighted by Gasteiger charge is -2.13. The number of thiol groups is 1. The fraction of sp³-hybridized carbons (Fsp3) is 1.00. The Morgan fingerprint density at radius 1 is 1.08 bits per heavy atom. The van der Waals surface area contributed by atoms with E-state index in [9.17, 15) is 8.42 Å². The Labute approximate surface area is 74.3 Å². The van der Waals surface area contributed by atoms with Gasteiger partial charge >= 0.3 is 0 Å². The molecular formula is C6H15NO4S. The quantitative estimate of drug-likeness (QED) is 0.538. The van der Waals surface area contributed by atoms with E-state index < -0.39 is 10.9 Å². The van der Waals surface area contributed by atoms with Gasteiger partial charge in [-0.05, 0) is 0 Å². The van der Waals surface area contributed by atoms with Crippen LogP contribution in [0, 0.1) is 0 Å². The van der Waals surface area contributed by atoms with Crippen LogP contribution >= 0.6 is 0 Å². The van der Waals surface area contributed by atoms with Crippen LogP contribution in [0.2, 0.25) is 0 Å². The van der Waals surface area contributed by atoms with E-state index in [0.29, 0.717) is 26.3 Å². The summed E-state index contributed by atoms with van der Waals surface area (Å²) < 4.78 is 31.9. The molecule has 0 amide bonds. The van der Waals surface area contributed by atoms with Crippen LogP contribution in [0.4, 0.5) is 0 Å². The molecule has 0 fully saturated rings. The molecule has 0 atom stereocenters. The van der Waals surface area contributed by atoms with Crippen LogP contribution in [0.3, 0.4) is 0 Å². The Balaban J connectivity index is 3.70. The largest absolute Gasteiger partial charge is 0.383 e. The van der Waals surface area contributed by atoms with Crippen molar-refractivity contribution in [2.45, 2.75) is 0 Å². The SMILES string of the molecule is COCCN(CCOC)[SH](=O)=O. The Hall–Kier alpha value is -0.170. The molecule has 0 heterocycles. The third-order valence-corrected chi connectivity index (χ3v) is 2.20. The van der Waals surface area contributed by atoms with E-state index in [1.165, 1.54) is 18.5 Å². The third-order valence-electron chi connectivity index (χ3n) is 1.34. The monoisotopic (exact) mass is 197 g/mol. The van der Waals surface area contributed by atoms with Crippen molar-refractivity contribution in [1.82, 2.24) is 4.31 Å². The first-order valence-electron chi connectivity index (χ1n) is 3.59. The van der Waals surface area contributed by atoms with Gasteiger partial charge in [-0.15, -0.1) is 0 Å². The molecule has 0 aromatic rings. The van der Waals surface area contributed by atoms with E-state index in [-0.39, 0.29) is 0 Å². The van der Waals surface area contributed by atoms with Crippen molar-refractivity contribution in [1.29, 1.82) is 0 Å². The summed E-state index contributed by atoms with van der Waals surface area (Å²) >= 11 is 0. The average Bonchev–Trinajstić information content (AvgIpc) is 2.04. The molecule has 0 radical (unpaired) electrons. The molecule has 12 heavy (non-hydrogen) atoms. The van der Waals surface area contributed by atoms with Gasteiger partial charge in [0.05, 0.1) is 13.2 Å². The first-order chi connectivity index (χ1) is 5.72. The molecule has 6 heteroatoms. The van der Waals surface area contributed by atoms with Gasteiger partial charge in [-0.1, -0.05) is 0 Å². The molecule has 0 aliphatic heterocycles. The average molecular weight is 197 g/mol. The van der Waals surface area contributed by atoms with Gasteiger partial charge in [-0.3, -0.25) is 0 Å². The molecule has 0 aromatic carbocycles. The molecule has 74 valence electrons. The van der Waals surface area contributed by atoms with Gasteiger partial charge in [0, 0.05) is 27.3 Å². The predicted octanol–water partition coefficient (Wildman–Crippen LogP) is -0.892. The van der Waals surface area contributed by atoms with E-state index in [0.717, 1.165) is 0 Å². The summed E-state index contributed by atoms with van der Waals surface area (Å²) in [5.41, 5.74) is 0. The van der Waals surface area contributed by atoms with Crippen molar-refractivity contribution in [3.8, 4) is 0 Å². The maximum Gasteiger partial charge on any atom is 0.204 e. The number of methoxy groups -OCH3 is 2. The van der Waals surface area contributed by atoms with Crippen molar-refractivity contribution in [3.05, 3.63) is 0 Å². The summed E-state index contributed by atoms with van der Waals surface area (Å²) in [5.74, 6) is 0. The first kappa shape index (κ1) is 11.8. The van der Waals surface area contributed by atoms with Crippen LogP contribution in [0.1, 0.15) is 0 Å². The molecule has 0 saturated carbocycles. The molecule has 0 rings (SSSR count). The van der Waals surface area contributed by atoms with Crippen LogP contribution in [-0.2, 0) is 20.4 Å². The number of rotatable bonds is 7. The van der Waals surface area contributed by atoms with Crippen molar-refractivity contribution in [2.24, 2.45) is 0 Å². The third kappa shape index (κ3) is 5.48. The molecule has 5 nitrogen and oxygen atoms in total. The van der Waals surface area contributed by atoms with E-state index in [1.807, 2.05) is 0 Å². The number of nitrogens with zero attached hydrogens (tertiary/aromatic N) is 1. The van der Waals surface area contributed by atoms with Gasteiger partial charge in [0.25, 0.3) is 0 Å². The Kier molecular flexibility index (Phi) is 7.37. The lowest BCUT2D eigenvalue weighted by Crippen LogP contribution is -2.29. The minimum atomic E-state index is -2.51.